The van der Waals surface area contributed by atoms with Gasteiger partial charge in [0.15, 0.2) is 0 Å². The lowest BCUT2D eigenvalue weighted by Gasteiger charge is -2.11. The second-order valence-corrected chi connectivity index (χ2v) is 4.72. The van der Waals surface area contributed by atoms with Crippen molar-refractivity contribution in [3.8, 4) is 5.75 Å². The Bertz CT molecular complexity index is 569. The Morgan fingerprint density at radius 2 is 2.15 bits per heavy atom. The van der Waals surface area contributed by atoms with Crippen LogP contribution in [-0.4, -0.2) is 33.6 Å². The van der Waals surface area contributed by atoms with Crippen molar-refractivity contribution < 1.29 is 14.8 Å². The number of aryl methyl sites for hydroxylation is 2. The molecule has 0 aliphatic carbocycles. The summed E-state index contributed by atoms with van der Waals surface area (Å²) in [5.41, 5.74) is 2.46. The van der Waals surface area contributed by atoms with Crippen molar-refractivity contribution >= 4 is 12.6 Å². The third-order valence-corrected chi connectivity index (χ3v) is 3.10. The highest BCUT2D eigenvalue weighted by Gasteiger charge is 2.17. The largest absolute Gasteiger partial charge is 0.494 e. The van der Waals surface area contributed by atoms with Crippen LogP contribution in [-0.2, 0) is 13.0 Å². The summed E-state index contributed by atoms with van der Waals surface area (Å²) in [6, 6.07) is 5.37. The van der Waals surface area contributed by atoms with Gasteiger partial charge in [0.05, 0.1) is 12.8 Å². The minimum absolute atomic E-state index is 0.397. The maximum atomic E-state index is 9.34. The Labute approximate surface area is 119 Å². The van der Waals surface area contributed by atoms with Crippen LogP contribution in [0.25, 0.3) is 0 Å². The fourth-order valence-corrected chi connectivity index (χ4v) is 1.99. The second kappa shape index (κ2) is 6.59. The Kier molecular flexibility index (Phi) is 4.81. The molecule has 0 saturated heterocycles. The van der Waals surface area contributed by atoms with Gasteiger partial charge >= 0.3 is 7.12 Å². The van der Waals surface area contributed by atoms with Crippen molar-refractivity contribution in [2.24, 2.45) is 0 Å². The zero-order valence-corrected chi connectivity index (χ0v) is 11.8. The van der Waals surface area contributed by atoms with Crippen LogP contribution in [0.2, 0.25) is 0 Å². The van der Waals surface area contributed by atoms with E-state index in [9.17, 15) is 10.0 Å². The van der Waals surface area contributed by atoms with E-state index in [1.54, 1.807) is 12.1 Å². The lowest BCUT2D eigenvalue weighted by molar-refractivity contribution is 0.322. The third kappa shape index (κ3) is 3.62. The number of hydrogen-bond acceptors (Lipinski definition) is 4. The fraction of sp³-hybridized carbons (Fsp3) is 0.357. The first-order chi connectivity index (χ1) is 9.60. The molecule has 20 heavy (non-hydrogen) atoms. The van der Waals surface area contributed by atoms with Crippen molar-refractivity contribution in [1.29, 1.82) is 0 Å². The molecule has 0 saturated carbocycles. The van der Waals surface area contributed by atoms with Crippen molar-refractivity contribution in [3.05, 3.63) is 41.7 Å². The van der Waals surface area contributed by atoms with Crippen LogP contribution < -0.4 is 10.2 Å². The molecule has 0 unspecified atom stereocenters. The molecule has 0 spiro atoms. The van der Waals surface area contributed by atoms with Gasteiger partial charge in [-0.2, -0.15) is 5.10 Å². The average molecular weight is 274 g/mol. The van der Waals surface area contributed by atoms with Crippen LogP contribution in [0.1, 0.15) is 18.1 Å². The first-order valence-corrected chi connectivity index (χ1v) is 6.71. The van der Waals surface area contributed by atoms with Crippen LogP contribution in [0, 0.1) is 6.92 Å². The lowest BCUT2D eigenvalue weighted by Crippen LogP contribution is -2.32. The zero-order chi connectivity index (χ0) is 14.5. The van der Waals surface area contributed by atoms with E-state index in [0.29, 0.717) is 17.8 Å². The quantitative estimate of drug-likeness (QED) is 0.753. The summed E-state index contributed by atoms with van der Waals surface area (Å²) in [4.78, 5) is 0. The molecule has 5 nitrogen and oxygen atoms in total. The summed E-state index contributed by atoms with van der Waals surface area (Å²) in [5.74, 6) is 0.508. The zero-order valence-electron chi connectivity index (χ0n) is 11.8. The molecule has 0 amide bonds. The van der Waals surface area contributed by atoms with E-state index in [2.05, 4.69) is 5.10 Å². The predicted molar refractivity (Wildman–Crippen MR) is 78.1 cm³/mol. The molecule has 6 heteroatoms. The highest BCUT2D eigenvalue weighted by molar-refractivity contribution is 6.59. The number of ether oxygens (including phenoxy) is 1. The van der Waals surface area contributed by atoms with Gasteiger partial charge in [-0.3, -0.25) is 4.68 Å². The summed E-state index contributed by atoms with van der Waals surface area (Å²) in [6.45, 7) is 5.25. The van der Waals surface area contributed by atoms with Gasteiger partial charge in [-0.1, -0.05) is 17.7 Å². The van der Waals surface area contributed by atoms with Crippen LogP contribution in [0.15, 0.2) is 30.6 Å². The molecule has 0 radical (unpaired) electrons. The number of aromatic nitrogens is 2. The molecule has 0 atom stereocenters. The molecule has 1 heterocycles. The Morgan fingerprint density at radius 3 is 2.80 bits per heavy atom. The topological polar surface area (TPSA) is 67.5 Å². The summed E-state index contributed by atoms with van der Waals surface area (Å²) < 4.78 is 7.51. The first kappa shape index (κ1) is 14.6. The molecule has 1 aromatic carbocycles. The number of benzene rings is 1. The lowest BCUT2D eigenvalue weighted by atomic mass is 9.79. The van der Waals surface area contributed by atoms with E-state index in [1.165, 1.54) is 0 Å². The number of hydrogen-bond donors (Lipinski definition) is 2. The number of nitrogens with zero attached hydrogens (tertiary/aromatic N) is 2. The molecule has 0 bridgehead atoms. The molecule has 2 N–H and O–H groups in total. The van der Waals surface area contributed by atoms with Gasteiger partial charge in [0, 0.05) is 24.6 Å². The molecule has 2 aromatic rings. The predicted octanol–water partition coefficient (Wildman–Crippen LogP) is 0.513. The standard InChI is InChI=1S/C14H19BN2O3/c1-3-17-10-12(9-16-17)6-7-20-14-5-4-11(2)8-13(14)15(18)19/h4-5,8-10,18-19H,3,6-7H2,1-2H3. The normalized spacial score (nSPS) is 10.6. The van der Waals surface area contributed by atoms with E-state index in [4.69, 9.17) is 4.74 Å². The average Bonchev–Trinajstić information content (AvgIpc) is 2.88. The summed E-state index contributed by atoms with van der Waals surface area (Å²) in [7, 11) is -1.52. The highest BCUT2D eigenvalue weighted by atomic mass is 16.5. The summed E-state index contributed by atoms with van der Waals surface area (Å²) >= 11 is 0. The van der Waals surface area contributed by atoms with Gasteiger partial charge < -0.3 is 14.8 Å². The van der Waals surface area contributed by atoms with Crippen LogP contribution in [0.4, 0.5) is 0 Å². The van der Waals surface area contributed by atoms with E-state index in [0.717, 1.165) is 24.1 Å². The molecule has 0 aliphatic rings. The Balaban J connectivity index is 1.97. The minimum Gasteiger partial charge on any atom is -0.494 e. The number of rotatable bonds is 6. The van der Waals surface area contributed by atoms with Gasteiger partial charge in [-0.05, 0) is 25.5 Å². The van der Waals surface area contributed by atoms with Crippen LogP contribution in [0.5, 0.6) is 5.75 Å². The second-order valence-electron chi connectivity index (χ2n) is 4.72. The van der Waals surface area contributed by atoms with Gasteiger partial charge in [-0.25, -0.2) is 0 Å². The van der Waals surface area contributed by atoms with Crippen molar-refractivity contribution in [3.63, 3.8) is 0 Å². The molecule has 1 aromatic heterocycles. The van der Waals surface area contributed by atoms with E-state index in [-0.39, 0.29) is 0 Å². The molecular formula is C14H19BN2O3. The van der Waals surface area contributed by atoms with Gasteiger partial charge in [-0.15, -0.1) is 0 Å². The van der Waals surface area contributed by atoms with Crippen molar-refractivity contribution in [2.45, 2.75) is 26.8 Å². The van der Waals surface area contributed by atoms with E-state index >= 15 is 0 Å². The van der Waals surface area contributed by atoms with Crippen LogP contribution in [0.3, 0.4) is 0 Å². The van der Waals surface area contributed by atoms with Gasteiger partial charge in [0.1, 0.15) is 5.75 Å². The fourth-order valence-electron chi connectivity index (χ4n) is 1.99. The first-order valence-electron chi connectivity index (χ1n) is 6.71. The van der Waals surface area contributed by atoms with Crippen molar-refractivity contribution in [2.75, 3.05) is 6.61 Å². The van der Waals surface area contributed by atoms with Gasteiger partial charge in [0.25, 0.3) is 0 Å². The SMILES string of the molecule is CCn1cc(CCOc2ccc(C)cc2B(O)O)cn1. The maximum Gasteiger partial charge on any atom is 0.492 e. The van der Waals surface area contributed by atoms with E-state index < -0.39 is 7.12 Å². The molecule has 0 aliphatic heterocycles. The summed E-state index contributed by atoms with van der Waals surface area (Å²) in [5, 5.41) is 22.9. The molecular weight excluding hydrogens is 255 g/mol. The third-order valence-electron chi connectivity index (χ3n) is 3.10. The molecule has 106 valence electrons. The van der Waals surface area contributed by atoms with Crippen molar-refractivity contribution in [1.82, 2.24) is 9.78 Å². The maximum absolute atomic E-state index is 9.34. The molecule has 0 fully saturated rings. The Hall–Kier alpha value is -1.79. The van der Waals surface area contributed by atoms with Gasteiger partial charge in [0.2, 0.25) is 0 Å². The minimum atomic E-state index is -1.52. The van der Waals surface area contributed by atoms with E-state index in [1.807, 2.05) is 37.0 Å². The monoisotopic (exact) mass is 274 g/mol. The Morgan fingerprint density at radius 1 is 1.35 bits per heavy atom. The van der Waals surface area contributed by atoms with Crippen LogP contribution >= 0.6 is 0 Å². The molecule has 2 rings (SSSR count). The highest BCUT2D eigenvalue weighted by Crippen LogP contribution is 2.11. The summed E-state index contributed by atoms with van der Waals surface area (Å²) in [6.07, 6.45) is 4.54. The smallest absolute Gasteiger partial charge is 0.492 e.